The Hall–Kier alpha value is -0.610. The third-order valence-corrected chi connectivity index (χ3v) is 3.35. The Labute approximate surface area is 91.0 Å². The minimum atomic E-state index is 0.305. The molecule has 0 aromatic heterocycles. The van der Waals surface area contributed by atoms with E-state index in [1.807, 2.05) is 4.90 Å². The average Bonchev–Trinajstić information content (AvgIpc) is 2.23. The fourth-order valence-electron chi connectivity index (χ4n) is 2.18. The SMILES string of the molecule is CCC1COCCN1C(=O)CC1CNC1. The molecule has 0 aromatic carbocycles. The summed E-state index contributed by atoms with van der Waals surface area (Å²) in [5.74, 6) is 0.884. The van der Waals surface area contributed by atoms with Crippen molar-refractivity contribution in [3.8, 4) is 0 Å². The summed E-state index contributed by atoms with van der Waals surface area (Å²) in [4.78, 5) is 14.0. The van der Waals surface area contributed by atoms with Crippen LogP contribution in [0.4, 0.5) is 0 Å². The normalized spacial score (nSPS) is 27.5. The van der Waals surface area contributed by atoms with Gasteiger partial charge in [0.1, 0.15) is 0 Å². The third-order valence-electron chi connectivity index (χ3n) is 3.35. The highest BCUT2D eigenvalue weighted by atomic mass is 16.5. The molecule has 1 unspecified atom stereocenters. The minimum Gasteiger partial charge on any atom is -0.377 e. The van der Waals surface area contributed by atoms with Crippen molar-refractivity contribution in [2.24, 2.45) is 5.92 Å². The van der Waals surface area contributed by atoms with Gasteiger partial charge in [0.05, 0.1) is 19.3 Å². The predicted molar refractivity (Wildman–Crippen MR) is 57.6 cm³/mol. The highest BCUT2D eigenvalue weighted by Gasteiger charge is 2.29. The topological polar surface area (TPSA) is 41.6 Å². The Morgan fingerprint density at radius 1 is 1.53 bits per heavy atom. The van der Waals surface area contributed by atoms with Gasteiger partial charge in [-0.05, 0) is 25.4 Å². The maximum atomic E-state index is 12.0. The number of rotatable bonds is 3. The van der Waals surface area contributed by atoms with E-state index in [1.165, 1.54) is 0 Å². The molecule has 0 radical (unpaired) electrons. The van der Waals surface area contributed by atoms with Gasteiger partial charge in [-0.1, -0.05) is 6.92 Å². The molecule has 2 heterocycles. The number of nitrogens with one attached hydrogen (secondary N) is 1. The predicted octanol–water partition coefficient (Wildman–Crippen LogP) is 0.233. The molecule has 2 rings (SSSR count). The summed E-state index contributed by atoms with van der Waals surface area (Å²) >= 11 is 0. The van der Waals surface area contributed by atoms with Gasteiger partial charge in [-0.2, -0.15) is 0 Å². The number of morpholine rings is 1. The van der Waals surface area contributed by atoms with E-state index in [1.54, 1.807) is 0 Å². The van der Waals surface area contributed by atoms with Crippen molar-refractivity contribution >= 4 is 5.91 Å². The molecule has 0 aromatic rings. The van der Waals surface area contributed by atoms with Crippen LogP contribution in [0.25, 0.3) is 0 Å². The van der Waals surface area contributed by atoms with E-state index in [-0.39, 0.29) is 0 Å². The molecule has 4 nitrogen and oxygen atoms in total. The second-order valence-corrected chi connectivity index (χ2v) is 4.45. The van der Waals surface area contributed by atoms with Crippen LogP contribution in [0.15, 0.2) is 0 Å². The molecule has 2 saturated heterocycles. The second-order valence-electron chi connectivity index (χ2n) is 4.45. The summed E-state index contributed by atoms with van der Waals surface area (Å²) in [6.07, 6.45) is 1.71. The van der Waals surface area contributed by atoms with E-state index in [9.17, 15) is 4.79 Å². The zero-order chi connectivity index (χ0) is 10.7. The zero-order valence-corrected chi connectivity index (χ0v) is 9.37. The van der Waals surface area contributed by atoms with Gasteiger partial charge in [-0.15, -0.1) is 0 Å². The minimum absolute atomic E-state index is 0.305. The summed E-state index contributed by atoms with van der Waals surface area (Å²) in [6, 6.07) is 0.305. The van der Waals surface area contributed by atoms with E-state index in [0.717, 1.165) is 26.1 Å². The smallest absolute Gasteiger partial charge is 0.223 e. The number of ether oxygens (including phenoxy) is 1. The highest BCUT2D eigenvalue weighted by Crippen LogP contribution is 2.16. The van der Waals surface area contributed by atoms with Gasteiger partial charge in [0.2, 0.25) is 5.91 Å². The molecule has 0 saturated carbocycles. The van der Waals surface area contributed by atoms with Gasteiger partial charge in [-0.3, -0.25) is 4.79 Å². The van der Waals surface area contributed by atoms with Crippen molar-refractivity contribution in [1.29, 1.82) is 0 Å². The number of carbonyl (C=O) groups is 1. The van der Waals surface area contributed by atoms with Crippen LogP contribution in [0.2, 0.25) is 0 Å². The first-order valence-corrected chi connectivity index (χ1v) is 5.89. The first-order valence-electron chi connectivity index (χ1n) is 5.89. The molecule has 0 spiro atoms. The molecule has 0 aliphatic carbocycles. The Morgan fingerprint density at radius 3 is 2.93 bits per heavy atom. The van der Waals surface area contributed by atoms with Gasteiger partial charge in [0.25, 0.3) is 0 Å². The van der Waals surface area contributed by atoms with E-state index in [0.29, 0.717) is 37.5 Å². The lowest BCUT2D eigenvalue weighted by Crippen LogP contribution is -2.51. The van der Waals surface area contributed by atoms with E-state index < -0.39 is 0 Å². The van der Waals surface area contributed by atoms with Crippen molar-refractivity contribution in [2.45, 2.75) is 25.8 Å². The largest absolute Gasteiger partial charge is 0.377 e. The number of carbonyl (C=O) groups excluding carboxylic acids is 1. The van der Waals surface area contributed by atoms with Crippen LogP contribution in [-0.2, 0) is 9.53 Å². The Bertz CT molecular complexity index is 229. The lowest BCUT2D eigenvalue weighted by atomic mass is 9.98. The van der Waals surface area contributed by atoms with Crippen LogP contribution in [0.3, 0.4) is 0 Å². The van der Waals surface area contributed by atoms with Crippen LogP contribution in [0.5, 0.6) is 0 Å². The van der Waals surface area contributed by atoms with Crippen LogP contribution in [0.1, 0.15) is 19.8 Å². The van der Waals surface area contributed by atoms with Gasteiger partial charge >= 0.3 is 0 Å². The fraction of sp³-hybridized carbons (Fsp3) is 0.909. The van der Waals surface area contributed by atoms with Crippen molar-refractivity contribution in [3.05, 3.63) is 0 Å². The molecule has 4 heteroatoms. The fourth-order valence-corrected chi connectivity index (χ4v) is 2.18. The van der Waals surface area contributed by atoms with Gasteiger partial charge < -0.3 is 15.0 Å². The third kappa shape index (κ3) is 2.49. The molecule has 2 fully saturated rings. The highest BCUT2D eigenvalue weighted by molar-refractivity contribution is 5.77. The quantitative estimate of drug-likeness (QED) is 0.728. The molecule has 1 N–H and O–H groups in total. The number of amides is 1. The molecule has 0 bridgehead atoms. The average molecular weight is 212 g/mol. The van der Waals surface area contributed by atoms with E-state index >= 15 is 0 Å². The van der Waals surface area contributed by atoms with Crippen LogP contribution < -0.4 is 5.32 Å². The van der Waals surface area contributed by atoms with Gasteiger partial charge in [0, 0.05) is 13.0 Å². The first-order chi connectivity index (χ1) is 7.31. The number of hydrogen-bond donors (Lipinski definition) is 1. The molecule has 86 valence electrons. The lowest BCUT2D eigenvalue weighted by Gasteiger charge is -2.37. The maximum Gasteiger partial charge on any atom is 0.223 e. The Balaban J connectivity index is 1.85. The molecule has 15 heavy (non-hydrogen) atoms. The van der Waals surface area contributed by atoms with Gasteiger partial charge in [0.15, 0.2) is 0 Å². The van der Waals surface area contributed by atoms with Crippen molar-refractivity contribution in [1.82, 2.24) is 10.2 Å². The summed E-state index contributed by atoms with van der Waals surface area (Å²) in [7, 11) is 0. The zero-order valence-electron chi connectivity index (χ0n) is 9.37. The standard InChI is InChI=1S/C11H20N2O2/c1-2-10-8-15-4-3-13(10)11(14)5-9-6-12-7-9/h9-10,12H,2-8H2,1H3. The summed E-state index contributed by atoms with van der Waals surface area (Å²) in [6.45, 7) is 6.32. The van der Waals surface area contributed by atoms with Crippen LogP contribution in [-0.4, -0.2) is 49.7 Å². The molecule has 2 aliphatic heterocycles. The summed E-state index contributed by atoms with van der Waals surface area (Å²) < 4.78 is 5.39. The number of nitrogens with zero attached hydrogens (tertiary/aromatic N) is 1. The second kappa shape index (κ2) is 4.94. The van der Waals surface area contributed by atoms with Crippen LogP contribution in [0, 0.1) is 5.92 Å². The molecule has 1 amide bonds. The number of hydrogen-bond acceptors (Lipinski definition) is 3. The maximum absolute atomic E-state index is 12.0. The van der Waals surface area contributed by atoms with Gasteiger partial charge in [-0.25, -0.2) is 0 Å². The molecular weight excluding hydrogens is 192 g/mol. The molecule has 2 aliphatic rings. The summed E-state index contributed by atoms with van der Waals surface area (Å²) in [5, 5.41) is 3.20. The van der Waals surface area contributed by atoms with Crippen molar-refractivity contribution < 1.29 is 9.53 Å². The van der Waals surface area contributed by atoms with E-state index in [2.05, 4.69) is 12.2 Å². The van der Waals surface area contributed by atoms with Crippen molar-refractivity contribution in [3.63, 3.8) is 0 Å². The molecular formula is C11H20N2O2. The van der Waals surface area contributed by atoms with Crippen LogP contribution >= 0.6 is 0 Å². The van der Waals surface area contributed by atoms with E-state index in [4.69, 9.17) is 4.74 Å². The Morgan fingerprint density at radius 2 is 2.33 bits per heavy atom. The molecule has 1 atom stereocenters. The Kier molecular flexibility index (Phi) is 3.59. The summed E-state index contributed by atoms with van der Waals surface area (Å²) in [5.41, 5.74) is 0. The monoisotopic (exact) mass is 212 g/mol. The lowest BCUT2D eigenvalue weighted by molar-refractivity contribution is -0.141. The first kappa shape index (κ1) is 10.9. The van der Waals surface area contributed by atoms with Crippen molar-refractivity contribution in [2.75, 3.05) is 32.8 Å².